The molecule has 2 amide bonds. The monoisotopic (exact) mass is 490 g/mol. The van der Waals surface area contributed by atoms with Gasteiger partial charge in [0, 0.05) is 30.6 Å². The summed E-state index contributed by atoms with van der Waals surface area (Å²) in [5.74, 6) is 0.138. The number of carbonyl (C=O) groups is 2. The molecule has 11 heteroatoms. The molecule has 182 valence electrons. The first-order valence-electron chi connectivity index (χ1n) is 10.3. The maximum atomic E-state index is 13.4. The minimum Gasteiger partial charge on any atom is -0.492 e. The Morgan fingerprint density at radius 2 is 1.97 bits per heavy atom. The number of ether oxygens (including phenoxy) is 1. The Hall–Kier alpha value is -2.75. The third kappa shape index (κ3) is 6.19. The van der Waals surface area contributed by atoms with Crippen molar-refractivity contribution in [1.29, 1.82) is 0 Å². The number of rotatable bonds is 9. The molecule has 1 aromatic carbocycles. The highest BCUT2D eigenvalue weighted by molar-refractivity contribution is 6.33. The van der Waals surface area contributed by atoms with Crippen LogP contribution in [-0.4, -0.2) is 43.0 Å². The molecule has 0 saturated carbocycles. The van der Waals surface area contributed by atoms with E-state index in [1.807, 2.05) is 6.92 Å². The van der Waals surface area contributed by atoms with E-state index in [4.69, 9.17) is 20.8 Å². The normalized spacial score (nSPS) is 12.0. The summed E-state index contributed by atoms with van der Waals surface area (Å²) in [7, 11) is 1.50. The fraction of sp³-hybridized carbons (Fsp3) is 0.500. The topological polar surface area (TPSA) is 88.9 Å². The van der Waals surface area contributed by atoms with Crippen molar-refractivity contribution in [2.45, 2.75) is 51.7 Å². The van der Waals surface area contributed by atoms with Crippen molar-refractivity contribution in [3.63, 3.8) is 0 Å². The summed E-state index contributed by atoms with van der Waals surface area (Å²) >= 11 is 6.26. The first kappa shape index (κ1) is 26.5. The summed E-state index contributed by atoms with van der Waals surface area (Å²) in [5, 5.41) is 2.31. The average Bonchev–Trinajstić information content (AvgIpc) is 2.73. The van der Waals surface area contributed by atoms with Gasteiger partial charge < -0.3 is 24.2 Å². The van der Waals surface area contributed by atoms with E-state index < -0.39 is 28.9 Å². The van der Waals surface area contributed by atoms with Crippen molar-refractivity contribution in [1.82, 2.24) is 10.2 Å². The zero-order valence-electron chi connectivity index (χ0n) is 18.8. The van der Waals surface area contributed by atoms with Crippen LogP contribution in [0.5, 0.6) is 5.75 Å². The molecule has 0 bridgehead atoms. The predicted molar refractivity (Wildman–Crippen MR) is 118 cm³/mol. The van der Waals surface area contributed by atoms with Gasteiger partial charge in [0.1, 0.15) is 17.6 Å². The minimum absolute atomic E-state index is 0.0400. The van der Waals surface area contributed by atoms with E-state index in [0.29, 0.717) is 25.2 Å². The number of urea groups is 1. The Kier molecular flexibility index (Phi) is 8.40. The summed E-state index contributed by atoms with van der Waals surface area (Å²) in [6, 6.07) is 1.04. The Morgan fingerprint density at radius 1 is 1.30 bits per heavy atom. The molecule has 0 spiro atoms. The van der Waals surface area contributed by atoms with Crippen LogP contribution in [-0.2, 0) is 17.4 Å². The smallest absolute Gasteiger partial charge is 0.417 e. The number of halogens is 4. The largest absolute Gasteiger partial charge is 0.492 e. The first-order valence-corrected chi connectivity index (χ1v) is 10.7. The van der Waals surface area contributed by atoms with Crippen molar-refractivity contribution in [2.75, 3.05) is 20.2 Å². The van der Waals surface area contributed by atoms with Crippen LogP contribution < -0.4 is 15.7 Å². The van der Waals surface area contributed by atoms with E-state index in [0.717, 1.165) is 6.07 Å². The second-order valence-electron chi connectivity index (χ2n) is 8.03. The molecule has 0 fully saturated rings. The quantitative estimate of drug-likeness (QED) is 0.310. The SMILES string of the molecule is CCCc1c(OCCCNC(=O)N(C)C(C)(C)C=O)c(Cl)cc2c(C(F)(F)F)cc(=O)oc12. The van der Waals surface area contributed by atoms with E-state index in [2.05, 4.69) is 5.32 Å². The third-order valence-corrected chi connectivity index (χ3v) is 5.42. The lowest BCUT2D eigenvalue weighted by Crippen LogP contribution is -2.50. The fourth-order valence-electron chi connectivity index (χ4n) is 3.08. The number of hydrogen-bond acceptors (Lipinski definition) is 5. The van der Waals surface area contributed by atoms with Crippen LogP contribution in [0.2, 0.25) is 5.02 Å². The minimum atomic E-state index is -4.76. The highest BCUT2D eigenvalue weighted by atomic mass is 35.5. The molecule has 2 aromatic rings. The van der Waals surface area contributed by atoms with E-state index in [9.17, 15) is 27.6 Å². The van der Waals surface area contributed by atoms with Gasteiger partial charge in [0.25, 0.3) is 0 Å². The van der Waals surface area contributed by atoms with Gasteiger partial charge in [-0.1, -0.05) is 24.9 Å². The summed E-state index contributed by atoms with van der Waals surface area (Å²) in [6.07, 6.45) is -2.92. The van der Waals surface area contributed by atoms with Crippen LogP contribution in [0.4, 0.5) is 18.0 Å². The van der Waals surface area contributed by atoms with Gasteiger partial charge in [-0.05, 0) is 32.8 Å². The predicted octanol–water partition coefficient (Wildman–Crippen LogP) is 4.81. The molecule has 0 aliphatic rings. The number of amides is 2. The van der Waals surface area contributed by atoms with Gasteiger partial charge in [-0.2, -0.15) is 13.2 Å². The van der Waals surface area contributed by atoms with Gasteiger partial charge in [-0.15, -0.1) is 0 Å². The summed E-state index contributed by atoms with van der Waals surface area (Å²) in [6.45, 7) is 5.32. The number of nitrogens with one attached hydrogen (secondary N) is 1. The van der Waals surface area contributed by atoms with Crippen molar-refractivity contribution in [2.24, 2.45) is 0 Å². The van der Waals surface area contributed by atoms with E-state index in [1.54, 1.807) is 13.8 Å². The summed E-state index contributed by atoms with van der Waals surface area (Å²) < 4.78 is 51.2. The van der Waals surface area contributed by atoms with Gasteiger partial charge in [0.15, 0.2) is 0 Å². The first-order chi connectivity index (χ1) is 15.3. The molecule has 0 aliphatic carbocycles. The fourth-order valence-corrected chi connectivity index (χ4v) is 3.36. The second kappa shape index (κ2) is 10.5. The Balaban J connectivity index is 2.21. The van der Waals surface area contributed by atoms with Gasteiger partial charge in [0.2, 0.25) is 0 Å². The molecule has 1 N–H and O–H groups in total. The van der Waals surface area contributed by atoms with Gasteiger partial charge in [0.05, 0.1) is 22.7 Å². The highest BCUT2D eigenvalue weighted by Crippen LogP contribution is 2.41. The second-order valence-corrected chi connectivity index (χ2v) is 8.44. The number of aryl methyl sites for hydroxylation is 1. The lowest BCUT2D eigenvalue weighted by atomic mass is 10.0. The standard InChI is InChI=1S/C22H26ClF3N2O5/c1-5-7-13-18-14(15(22(24,25)26)11-17(30)33-18)10-16(23)19(13)32-9-6-8-27-20(31)28(4)21(2,3)12-29/h10-12H,5-9H2,1-4H3,(H,27,31). The van der Waals surface area contributed by atoms with Crippen LogP contribution in [0, 0.1) is 0 Å². The zero-order chi connectivity index (χ0) is 25.0. The molecule has 7 nitrogen and oxygen atoms in total. The lowest BCUT2D eigenvalue weighted by molar-refractivity contribution is -0.136. The lowest BCUT2D eigenvalue weighted by Gasteiger charge is -2.30. The van der Waals surface area contributed by atoms with Gasteiger partial charge in [-0.25, -0.2) is 9.59 Å². The zero-order valence-corrected chi connectivity index (χ0v) is 19.5. The third-order valence-electron chi connectivity index (χ3n) is 5.14. The van der Waals surface area contributed by atoms with E-state index >= 15 is 0 Å². The van der Waals surface area contributed by atoms with Gasteiger partial charge in [-0.3, -0.25) is 0 Å². The number of nitrogens with zero attached hydrogens (tertiary/aromatic N) is 1. The van der Waals surface area contributed by atoms with Crippen LogP contribution >= 0.6 is 11.6 Å². The number of carbonyl (C=O) groups excluding carboxylic acids is 2. The Morgan fingerprint density at radius 3 is 2.55 bits per heavy atom. The summed E-state index contributed by atoms with van der Waals surface area (Å²) in [4.78, 5) is 36.3. The van der Waals surface area contributed by atoms with Crippen molar-refractivity contribution < 1.29 is 31.9 Å². The molecule has 2 rings (SSSR count). The molecule has 0 unspecified atom stereocenters. The maximum Gasteiger partial charge on any atom is 0.417 e. The number of hydrogen-bond donors (Lipinski definition) is 1. The molecule has 0 aliphatic heterocycles. The van der Waals surface area contributed by atoms with Crippen molar-refractivity contribution in [3.05, 3.63) is 38.7 Å². The molecule has 0 atom stereocenters. The molecular formula is C22H26ClF3N2O5. The number of fused-ring (bicyclic) bond motifs is 1. The Labute approximate surface area is 193 Å². The highest BCUT2D eigenvalue weighted by Gasteiger charge is 2.35. The molecular weight excluding hydrogens is 465 g/mol. The van der Waals surface area contributed by atoms with Crippen LogP contribution in [0.1, 0.15) is 44.7 Å². The van der Waals surface area contributed by atoms with Crippen LogP contribution in [0.25, 0.3) is 11.0 Å². The van der Waals surface area contributed by atoms with Crippen molar-refractivity contribution >= 4 is 34.9 Å². The number of alkyl halides is 3. The molecule has 33 heavy (non-hydrogen) atoms. The molecule has 0 radical (unpaired) electrons. The molecule has 1 aromatic heterocycles. The Bertz CT molecular complexity index is 1080. The molecule has 1 heterocycles. The average molecular weight is 491 g/mol. The number of benzene rings is 1. The van der Waals surface area contributed by atoms with E-state index in [1.165, 1.54) is 11.9 Å². The number of aldehydes is 1. The van der Waals surface area contributed by atoms with Crippen LogP contribution in [0.15, 0.2) is 21.3 Å². The maximum absolute atomic E-state index is 13.4. The van der Waals surface area contributed by atoms with Crippen LogP contribution in [0.3, 0.4) is 0 Å². The van der Waals surface area contributed by atoms with Gasteiger partial charge >= 0.3 is 17.8 Å². The molecule has 0 saturated heterocycles. The summed E-state index contributed by atoms with van der Waals surface area (Å²) in [5.41, 5.74) is -3.13. The van der Waals surface area contributed by atoms with Crippen molar-refractivity contribution in [3.8, 4) is 5.75 Å². The van der Waals surface area contributed by atoms with E-state index in [-0.39, 0.29) is 46.9 Å². The number of likely N-dealkylation sites (N-methyl/N-ethyl adjacent to an activating group) is 1.